The Hall–Kier alpha value is -2.84. The summed E-state index contributed by atoms with van der Waals surface area (Å²) < 4.78 is 0. The fourth-order valence-electron chi connectivity index (χ4n) is 2.86. The zero-order valence-electron chi connectivity index (χ0n) is 15.4. The molecule has 1 amide bonds. The molecule has 0 aromatic heterocycles. The molecule has 3 rings (SSSR count). The summed E-state index contributed by atoms with van der Waals surface area (Å²) in [7, 11) is 0. The van der Waals surface area contributed by atoms with Gasteiger partial charge in [0.2, 0.25) is 0 Å². The highest BCUT2D eigenvalue weighted by Gasteiger charge is 2.16. The lowest BCUT2D eigenvalue weighted by molar-refractivity contribution is -0.116. The van der Waals surface area contributed by atoms with Gasteiger partial charge in [-0.2, -0.15) is 0 Å². The third-order valence-corrected chi connectivity index (χ3v) is 4.80. The molecule has 0 saturated heterocycles. The van der Waals surface area contributed by atoms with Crippen LogP contribution in [0.15, 0.2) is 78.9 Å². The second kappa shape index (κ2) is 8.70. The highest BCUT2D eigenvalue weighted by molar-refractivity contribution is 6.33. The van der Waals surface area contributed by atoms with E-state index in [9.17, 15) is 4.79 Å². The van der Waals surface area contributed by atoms with Gasteiger partial charge in [0.25, 0.3) is 5.91 Å². The Labute approximate surface area is 165 Å². The maximum atomic E-state index is 13.1. The van der Waals surface area contributed by atoms with Crippen molar-refractivity contribution in [2.75, 3.05) is 0 Å². The third kappa shape index (κ3) is 4.87. The largest absolute Gasteiger partial charge is 0.345 e. The van der Waals surface area contributed by atoms with Crippen LogP contribution in [0.25, 0.3) is 11.6 Å². The van der Waals surface area contributed by atoms with Crippen LogP contribution in [0.2, 0.25) is 5.02 Å². The van der Waals surface area contributed by atoms with Crippen LogP contribution in [0.4, 0.5) is 0 Å². The molecule has 0 heterocycles. The maximum Gasteiger partial charge on any atom is 0.252 e. The molecule has 0 saturated carbocycles. The smallest absolute Gasteiger partial charge is 0.252 e. The van der Waals surface area contributed by atoms with E-state index in [0.717, 1.165) is 16.7 Å². The minimum Gasteiger partial charge on any atom is -0.345 e. The monoisotopic (exact) mass is 375 g/mol. The van der Waals surface area contributed by atoms with Crippen LogP contribution in [-0.4, -0.2) is 5.91 Å². The van der Waals surface area contributed by atoms with Gasteiger partial charge in [-0.15, -0.1) is 0 Å². The van der Waals surface area contributed by atoms with Gasteiger partial charge in [0.05, 0.1) is 6.04 Å². The minimum absolute atomic E-state index is 0.101. The van der Waals surface area contributed by atoms with Crippen LogP contribution in [0.3, 0.4) is 0 Å². The van der Waals surface area contributed by atoms with E-state index in [-0.39, 0.29) is 11.9 Å². The van der Waals surface area contributed by atoms with Crippen molar-refractivity contribution >= 4 is 29.2 Å². The van der Waals surface area contributed by atoms with Crippen molar-refractivity contribution in [2.45, 2.75) is 19.9 Å². The summed E-state index contributed by atoms with van der Waals surface area (Å²) in [5, 5.41) is 3.72. The lowest BCUT2D eigenvalue weighted by Gasteiger charge is -2.17. The lowest BCUT2D eigenvalue weighted by atomic mass is 10.0. The van der Waals surface area contributed by atoms with Crippen LogP contribution in [-0.2, 0) is 4.79 Å². The van der Waals surface area contributed by atoms with Crippen LogP contribution < -0.4 is 5.32 Å². The second-order valence-corrected chi connectivity index (χ2v) is 6.96. The summed E-state index contributed by atoms with van der Waals surface area (Å²) in [6.07, 6.45) is 1.84. The fourth-order valence-corrected chi connectivity index (χ4v) is 3.05. The number of aryl methyl sites for hydroxylation is 1. The molecule has 0 bridgehead atoms. The molecule has 136 valence electrons. The minimum atomic E-state index is -0.130. The highest BCUT2D eigenvalue weighted by atomic mass is 35.5. The fraction of sp³-hybridized carbons (Fsp3) is 0.125. The number of nitrogens with one attached hydrogen (secondary N) is 1. The van der Waals surface area contributed by atoms with Crippen molar-refractivity contribution in [3.63, 3.8) is 0 Å². The number of carbonyl (C=O) groups excluding carboxylic acids is 1. The van der Waals surface area contributed by atoms with Gasteiger partial charge >= 0.3 is 0 Å². The van der Waals surface area contributed by atoms with E-state index in [1.165, 1.54) is 5.56 Å². The molecule has 0 spiro atoms. The van der Waals surface area contributed by atoms with E-state index < -0.39 is 0 Å². The quantitative estimate of drug-likeness (QED) is 0.425. The number of halogens is 1. The number of carbonyl (C=O) groups is 1. The van der Waals surface area contributed by atoms with Crippen molar-refractivity contribution in [2.24, 2.45) is 0 Å². The zero-order chi connectivity index (χ0) is 19.2. The highest BCUT2D eigenvalue weighted by Crippen LogP contribution is 2.24. The van der Waals surface area contributed by atoms with Crippen molar-refractivity contribution in [3.05, 3.63) is 106 Å². The molecule has 0 aliphatic heterocycles. The van der Waals surface area contributed by atoms with Crippen LogP contribution in [0, 0.1) is 6.92 Å². The first-order chi connectivity index (χ1) is 13.0. The Kier molecular flexibility index (Phi) is 6.10. The standard InChI is InChI=1S/C24H22ClNO/c1-17-12-14-19(15-13-17)18(2)26-24(27)22(20-8-4-3-5-9-20)16-21-10-6-7-11-23(21)25/h3-16,18H,1-2H3,(H,26,27)/b22-16+/t18-/m0/s1. The van der Waals surface area contributed by atoms with Crippen LogP contribution in [0.5, 0.6) is 0 Å². The third-order valence-electron chi connectivity index (χ3n) is 4.46. The van der Waals surface area contributed by atoms with Crippen molar-refractivity contribution in [1.82, 2.24) is 5.32 Å². The Morgan fingerprint density at radius 2 is 1.56 bits per heavy atom. The van der Waals surface area contributed by atoms with E-state index in [2.05, 4.69) is 17.4 Å². The summed E-state index contributed by atoms with van der Waals surface area (Å²) in [4.78, 5) is 13.1. The number of benzene rings is 3. The van der Waals surface area contributed by atoms with E-state index in [1.54, 1.807) is 0 Å². The molecule has 1 atom stereocenters. The summed E-state index contributed by atoms with van der Waals surface area (Å²) in [6.45, 7) is 4.04. The summed E-state index contributed by atoms with van der Waals surface area (Å²) >= 11 is 6.30. The van der Waals surface area contributed by atoms with Crippen LogP contribution in [0.1, 0.15) is 35.2 Å². The molecule has 27 heavy (non-hydrogen) atoms. The topological polar surface area (TPSA) is 29.1 Å². The molecular weight excluding hydrogens is 354 g/mol. The van der Waals surface area contributed by atoms with Gasteiger partial charge in [-0.05, 0) is 42.7 Å². The normalized spacial score (nSPS) is 12.5. The number of rotatable bonds is 5. The van der Waals surface area contributed by atoms with Gasteiger partial charge in [0, 0.05) is 10.6 Å². The molecule has 3 heteroatoms. The second-order valence-electron chi connectivity index (χ2n) is 6.55. The van der Waals surface area contributed by atoms with E-state index in [4.69, 9.17) is 11.6 Å². The number of hydrogen-bond acceptors (Lipinski definition) is 1. The molecule has 3 aromatic rings. The van der Waals surface area contributed by atoms with Gasteiger partial charge < -0.3 is 5.32 Å². The molecule has 0 unspecified atom stereocenters. The Morgan fingerprint density at radius 3 is 2.22 bits per heavy atom. The number of amides is 1. The van der Waals surface area contributed by atoms with Crippen molar-refractivity contribution in [3.8, 4) is 0 Å². The average Bonchev–Trinajstić information content (AvgIpc) is 2.68. The predicted molar refractivity (Wildman–Crippen MR) is 114 cm³/mol. The molecule has 0 aliphatic rings. The Balaban J connectivity index is 1.92. The predicted octanol–water partition coefficient (Wildman–Crippen LogP) is 6.07. The molecular formula is C24H22ClNO. The summed E-state index contributed by atoms with van der Waals surface area (Å²) in [5.74, 6) is -0.130. The van der Waals surface area contributed by atoms with Gasteiger partial charge in [0.1, 0.15) is 0 Å². The Bertz CT molecular complexity index is 946. The SMILES string of the molecule is Cc1ccc([C@H](C)NC(=O)/C(=C/c2ccccc2Cl)c2ccccc2)cc1. The zero-order valence-corrected chi connectivity index (χ0v) is 16.2. The van der Waals surface area contributed by atoms with Gasteiger partial charge in [-0.1, -0.05) is 90.0 Å². The molecule has 0 fully saturated rings. The average molecular weight is 376 g/mol. The number of hydrogen-bond donors (Lipinski definition) is 1. The maximum absolute atomic E-state index is 13.1. The van der Waals surface area contributed by atoms with Crippen molar-refractivity contribution < 1.29 is 4.79 Å². The van der Waals surface area contributed by atoms with Gasteiger partial charge in [-0.25, -0.2) is 0 Å². The summed E-state index contributed by atoms with van der Waals surface area (Å²) in [5.41, 5.74) is 4.52. The van der Waals surface area contributed by atoms with Gasteiger partial charge in [-0.3, -0.25) is 4.79 Å². The van der Waals surface area contributed by atoms with E-state index in [0.29, 0.717) is 10.6 Å². The van der Waals surface area contributed by atoms with Gasteiger partial charge in [0.15, 0.2) is 0 Å². The summed E-state index contributed by atoms with van der Waals surface area (Å²) in [6, 6.07) is 25.2. The molecule has 0 radical (unpaired) electrons. The molecule has 3 aromatic carbocycles. The molecule has 1 N–H and O–H groups in total. The molecule has 0 aliphatic carbocycles. The Morgan fingerprint density at radius 1 is 0.926 bits per heavy atom. The first kappa shape index (κ1) is 18.9. The first-order valence-corrected chi connectivity index (χ1v) is 9.31. The molecule has 2 nitrogen and oxygen atoms in total. The first-order valence-electron chi connectivity index (χ1n) is 8.93. The van der Waals surface area contributed by atoms with Crippen LogP contribution >= 0.6 is 11.6 Å². The van der Waals surface area contributed by atoms with E-state index >= 15 is 0 Å². The van der Waals surface area contributed by atoms with E-state index in [1.807, 2.05) is 86.7 Å². The lowest BCUT2D eigenvalue weighted by Crippen LogP contribution is -2.27. The van der Waals surface area contributed by atoms with Crippen molar-refractivity contribution in [1.29, 1.82) is 0 Å².